The lowest BCUT2D eigenvalue weighted by Gasteiger charge is -2.65. The second kappa shape index (κ2) is 10.2. The van der Waals surface area contributed by atoms with E-state index < -0.39 is 11.0 Å². The second-order valence-electron chi connectivity index (χ2n) is 12.1. The van der Waals surface area contributed by atoms with Gasteiger partial charge in [-0.1, -0.05) is 19.9 Å². The highest BCUT2D eigenvalue weighted by Crippen LogP contribution is 2.67. The topological polar surface area (TPSA) is 68.3 Å². The fraction of sp³-hybridized carbons (Fsp3) is 0.548. The number of likely N-dealkylation sites (N-methyl/N-ethyl adjacent to an activating group) is 1. The Hall–Kier alpha value is -2.36. The van der Waals surface area contributed by atoms with Gasteiger partial charge in [0.1, 0.15) is 11.7 Å². The van der Waals surface area contributed by atoms with Gasteiger partial charge in [0.05, 0.1) is 24.6 Å². The number of benzene rings is 1. The van der Waals surface area contributed by atoms with E-state index in [4.69, 9.17) is 14.2 Å². The van der Waals surface area contributed by atoms with Crippen LogP contribution in [0.25, 0.3) is 6.08 Å². The van der Waals surface area contributed by atoms with Crippen LogP contribution >= 0.6 is 27.3 Å². The van der Waals surface area contributed by atoms with E-state index in [-0.39, 0.29) is 36.0 Å². The lowest BCUT2D eigenvalue weighted by atomic mass is 9.48. The maximum atomic E-state index is 13.9. The predicted octanol–water partition coefficient (Wildman–Crippen LogP) is 5.44. The molecule has 7 nitrogen and oxygen atoms in total. The molecule has 2 fully saturated rings. The van der Waals surface area contributed by atoms with Crippen LogP contribution in [0.2, 0.25) is 0 Å². The van der Waals surface area contributed by atoms with Crippen molar-refractivity contribution in [3.8, 4) is 11.5 Å². The lowest BCUT2D eigenvalue weighted by molar-refractivity contribution is -0.221. The SMILES string of the molecule is COc1ccc2c3c1O[C@H]1[C@H](N(CC(C)C)C(=O)/C=C/c4cc(Br)cs4)CC[C@@]4(OC(C)=O)[C@@H](C2)N(C)CC[C@]314. The van der Waals surface area contributed by atoms with Crippen LogP contribution in [0.5, 0.6) is 11.5 Å². The maximum absolute atomic E-state index is 13.9. The first-order chi connectivity index (χ1) is 19.1. The number of ether oxygens (including phenoxy) is 3. The van der Waals surface area contributed by atoms with Gasteiger partial charge in [-0.05, 0) is 84.9 Å². The van der Waals surface area contributed by atoms with Crippen molar-refractivity contribution in [2.24, 2.45) is 5.92 Å². The largest absolute Gasteiger partial charge is 0.493 e. The van der Waals surface area contributed by atoms with Crippen LogP contribution < -0.4 is 9.47 Å². The van der Waals surface area contributed by atoms with Crippen molar-refractivity contribution < 1.29 is 23.8 Å². The molecule has 1 amide bonds. The molecule has 2 bridgehead atoms. The Morgan fingerprint density at radius 1 is 1.32 bits per heavy atom. The van der Waals surface area contributed by atoms with Crippen molar-refractivity contribution >= 4 is 45.2 Å². The van der Waals surface area contributed by atoms with Gasteiger partial charge in [0.25, 0.3) is 0 Å². The maximum Gasteiger partial charge on any atom is 0.303 e. The first-order valence-electron chi connectivity index (χ1n) is 14.1. The second-order valence-corrected chi connectivity index (χ2v) is 13.9. The van der Waals surface area contributed by atoms with E-state index in [1.807, 2.05) is 28.5 Å². The van der Waals surface area contributed by atoms with Gasteiger partial charge in [-0.15, -0.1) is 11.3 Å². The van der Waals surface area contributed by atoms with Crippen LogP contribution in [0.3, 0.4) is 0 Å². The van der Waals surface area contributed by atoms with Gasteiger partial charge < -0.3 is 19.1 Å². The summed E-state index contributed by atoms with van der Waals surface area (Å²) in [5.74, 6) is 1.44. The Bertz CT molecular complexity index is 1370. The van der Waals surface area contributed by atoms with Crippen LogP contribution in [-0.4, -0.2) is 72.7 Å². The zero-order valence-corrected chi connectivity index (χ0v) is 26.1. The minimum Gasteiger partial charge on any atom is -0.493 e. The lowest BCUT2D eigenvalue weighted by Crippen LogP contribution is -2.79. The monoisotopic (exact) mass is 628 g/mol. The van der Waals surface area contributed by atoms with Gasteiger partial charge in [0, 0.05) is 39.8 Å². The highest BCUT2D eigenvalue weighted by molar-refractivity contribution is 9.10. The van der Waals surface area contributed by atoms with Crippen molar-refractivity contribution in [2.45, 2.75) is 75.7 Å². The number of likely N-dealkylation sites (tertiary alicyclic amines) is 1. The van der Waals surface area contributed by atoms with E-state index in [2.05, 4.69) is 47.8 Å². The normalized spacial score (nSPS) is 30.2. The number of halogens is 1. The van der Waals surface area contributed by atoms with Crippen molar-refractivity contribution in [3.63, 3.8) is 0 Å². The molecule has 214 valence electrons. The number of hydrogen-bond acceptors (Lipinski definition) is 7. The number of amides is 1. The van der Waals surface area contributed by atoms with E-state index in [9.17, 15) is 9.59 Å². The molecule has 0 N–H and O–H groups in total. The Kier molecular flexibility index (Phi) is 7.07. The number of esters is 1. The molecule has 0 radical (unpaired) electrons. The van der Waals surface area contributed by atoms with Crippen LogP contribution in [0.15, 0.2) is 34.1 Å². The molecule has 2 aromatic rings. The summed E-state index contributed by atoms with van der Waals surface area (Å²) in [6, 6.07) is 6.02. The zero-order chi connectivity index (χ0) is 28.4. The first kappa shape index (κ1) is 27.8. The molecule has 0 unspecified atom stereocenters. The van der Waals surface area contributed by atoms with Crippen molar-refractivity contribution in [1.29, 1.82) is 0 Å². The average Bonchev–Trinajstić information content (AvgIpc) is 3.48. The molecule has 3 heterocycles. The minimum atomic E-state index is -0.733. The van der Waals surface area contributed by atoms with Crippen LogP contribution in [0, 0.1) is 5.92 Å². The molecule has 2 aliphatic heterocycles. The van der Waals surface area contributed by atoms with Crippen molar-refractivity contribution in [2.75, 3.05) is 27.2 Å². The van der Waals surface area contributed by atoms with E-state index in [0.717, 1.165) is 40.0 Å². The van der Waals surface area contributed by atoms with E-state index in [1.54, 1.807) is 24.5 Å². The van der Waals surface area contributed by atoms with Crippen LogP contribution in [0.4, 0.5) is 0 Å². The number of carbonyl (C=O) groups excluding carboxylic acids is 2. The third kappa shape index (κ3) is 4.06. The van der Waals surface area contributed by atoms with Crippen molar-refractivity contribution in [3.05, 3.63) is 50.1 Å². The Balaban J connectivity index is 1.48. The van der Waals surface area contributed by atoms with Crippen molar-refractivity contribution in [1.82, 2.24) is 9.80 Å². The fourth-order valence-corrected chi connectivity index (χ4v) is 9.41. The summed E-state index contributed by atoms with van der Waals surface area (Å²) in [5, 5.41) is 2.01. The molecule has 40 heavy (non-hydrogen) atoms. The molecule has 1 saturated heterocycles. The summed E-state index contributed by atoms with van der Waals surface area (Å²) in [7, 11) is 3.80. The minimum absolute atomic E-state index is 0.0216. The van der Waals surface area contributed by atoms with E-state index >= 15 is 0 Å². The highest BCUT2D eigenvalue weighted by Gasteiger charge is 2.75. The van der Waals surface area contributed by atoms with Gasteiger partial charge in [-0.2, -0.15) is 0 Å². The molecule has 9 heteroatoms. The standard InChI is InChI=1S/C31H37BrN2O5S/c1-18(2)16-34(26(36)9-7-22-15-21(32)17-40-22)23-10-11-31(39-19(3)35)25-14-20-6-8-24(37-5)28-27(20)30(31,29(23)38-28)12-13-33(25)4/h6-9,15,17-18,23,25,29H,10-14,16H2,1-5H3/b9-7+/t23-,25-,29+,30+,31-/m1/s1. The third-order valence-corrected chi connectivity index (χ3v) is 11.1. The molecule has 1 spiro atoms. The summed E-state index contributed by atoms with van der Waals surface area (Å²) in [6.45, 7) is 7.27. The Morgan fingerprint density at radius 2 is 2.12 bits per heavy atom. The number of piperidine rings is 1. The van der Waals surface area contributed by atoms with E-state index in [0.29, 0.717) is 25.1 Å². The molecule has 1 saturated carbocycles. The molecular formula is C31H37BrN2O5S. The summed E-state index contributed by atoms with van der Waals surface area (Å²) in [4.78, 5) is 32.1. The third-order valence-electron chi connectivity index (χ3n) is 9.41. The summed E-state index contributed by atoms with van der Waals surface area (Å²) in [5.41, 5.74) is 1.06. The summed E-state index contributed by atoms with van der Waals surface area (Å²) >= 11 is 5.10. The predicted molar refractivity (Wildman–Crippen MR) is 159 cm³/mol. The van der Waals surface area contributed by atoms with Gasteiger partial charge in [0.2, 0.25) is 5.91 Å². The summed E-state index contributed by atoms with van der Waals surface area (Å²) < 4.78 is 20.3. The molecule has 1 aromatic heterocycles. The molecule has 4 aliphatic rings. The van der Waals surface area contributed by atoms with Gasteiger partial charge in [0.15, 0.2) is 11.5 Å². The quantitative estimate of drug-likeness (QED) is 0.300. The molecule has 6 rings (SSSR count). The highest BCUT2D eigenvalue weighted by atomic mass is 79.9. The average molecular weight is 630 g/mol. The van der Waals surface area contributed by atoms with Gasteiger partial charge in [-0.3, -0.25) is 14.5 Å². The number of carbonyl (C=O) groups is 2. The fourth-order valence-electron chi connectivity index (χ4n) is 8.08. The Labute approximate surface area is 248 Å². The number of rotatable bonds is 7. The van der Waals surface area contributed by atoms with Crippen LogP contribution in [0.1, 0.15) is 56.0 Å². The number of hydrogen-bond donors (Lipinski definition) is 0. The van der Waals surface area contributed by atoms with Gasteiger partial charge >= 0.3 is 5.97 Å². The molecule has 1 aromatic carbocycles. The Morgan fingerprint density at radius 3 is 2.80 bits per heavy atom. The molecule has 2 aliphatic carbocycles. The molecule has 5 atom stereocenters. The smallest absolute Gasteiger partial charge is 0.303 e. The van der Waals surface area contributed by atoms with Crippen LogP contribution in [-0.2, 0) is 26.2 Å². The van der Waals surface area contributed by atoms with E-state index in [1.165, 1.54) is 12.5 Å². The number of thiophene rings is 1. The number of nitrogens with zero attached hydrogens (tertiary/aromatic N) is 2. The van der Waals surface area contributed by atoms with Gasteiger partial charge in [-0.25, -0.2) is 0 Å². The number of methoxy groups -OCH3 is 1. The first-order valence-corrected chi connectivity index (χ1v) is 15.8. The summed E-state index contributed by atoms with van der Waals surface area (Å²) in [6.07, 6.45) is 6.16. The zero-order valence-electron chi connectivity index (χ0n) is 23.7. The molecular weight excluding hydrogens is 592 g/mol.